The molecule has 1 rings (SSSR count). The number of rotatable bonds is 5. The fourth-order valence-electron chi connectivity index (χ4n) is 1.53. The maximum atomic E-state index is 12.3. The largest absolute Gasteiger partial charge is 0.481 e. The van der Waals surface area contributed by atoms with Crippen molar-refractivity contribution in [3.05, 3.63) is 20.8 Å². The molecule has 1 heterocycles. The van der Waals surface area contributed by atoms with Crippen LogP contribution in [-0.2, 0) is 11.3 Å². The van der Waals surface area contributed by atoms with Crippen LogP contribution >= 0.6 is 27.3 Å². The van der Waals surface area contributed by atoms with E-state index in [1.807, 2.05) is 11.4 Å². The van der Waals surface area contributed by atoms with Crippen molar-refractivity contribution in [2.45, 2.75) is 39.8 Å². The van der Waals surface area contributed by atoms with Gasteiger partial charge in [-0.05, 0) is 49.7 Å². The number of aliphatic carboxylic acids is 1. The van der Waals surface area contributed by atoms with Gasteiger partial charge in [0.1, 0.15) is 0 Å². The van der Waals surface area contributed by atoms with E-state index in [9.17, 15) is 14.7 Å². The Hall–Kier alpha value is -1.08. The zero-order chi connectivity index (χ0) is 16.4. The predicted molar refractivity (Wildman–Crippen MR) is 87.5 cm³/mol. The Morgan fingerprint density at radius 1 is 1.38 bits per heavy atom. The molecule has 1 aromatic rings. The Balaban J connectivity index is 2.73. The fraction of sp³-hybridized carbons (Fsp3) is 0.571. The summed E-state index contributed by atoms with van der Waals surface area (Å²) in [5.41, 5.74) is -1.95. The van der Waals surface area contributed by atoms with Gasteiger partial charge in [-0.1, -0.05) is 0 Å². The monoisotopic (exact) mass is 376 g/mol. The SMILES string of the molecule is CN(Cc1cc(Br)cs1)C(=O)NC(C)(C)C(C)(C)C(=O)O. The second-order valence-electron chi connectivity index (χ2n) is 6.07. The number of amides is 2. The first-order valence-electron chi connectivity index (χ1n) is 6.47. The summed E-state index contributed by atoms with van der Waals surface area (Å²) in [4.78, 5) is 26.2. The molecule has 1 aromatic heterocycles. The van der Waals surface area contributed by atoms with Gasteiger partial charge in [0.2, 0.25) is 0 Å². The van der Waals surface area contributed by atoms with Gasteiger partial charge >= 0.3 is 12.0 Å². The van der Waals surface area contributed by atoms with Crippen LogP contribution in [0.3, 0.4) is 0 Å². The standard InChI is InChI=1S/C14H21BrN2O3S/c1-13(2,11(18)19)14(3,4)16-12(20)17(5)7-10-6-9(15)8-21-10/h6,8H,7H2,1-5H3,(H,16,20)(H,18,19). The number of thiophene rings is 1. The first-order valence-corrected chi connectivity index (χ1v) is 8.14. The zero-order valence-electron chi connectivity index (χ0n) is 12.9. The Labute approximate surface area is 137 Å². The summed E-state index contributed by atoms with van der Waals surface area (Å²) in [6, 6.07) is 1.67. The number of carbonyl (C=O) groups excluding carboxylic acids is 1. The van der Waals surface area contributed by atoms with E-state index in [2.05, 4.69) is 21.2 Å². The van der Waals surface area contributed by atoms with Gasteiger partial charge in [-0.3, -0.25) is 4.79 Å². The van der Waals surface area contributed by atoms with Gasteiger partial charge < -0.3 is 15.3 Å². The van der Waals surface area contributed by atoms with E-state index < -0.39 is 16.9 Å². The molecule has 7 heteroatoms. The van der Waals surface area contributed by atoms with E-state index in [4.69, 9.17) is 0 Å². The first kappa shape index (κ1) is 18.0. The van der Waals surface area contributed by atoms with Gasteiger partial charge in [-0.25, -0.2) is 4.79 Å². The van der Waals surface area contributed by atoms with Crippen LogP contribution in [0.25, 0.3) is 0 Å². The van der Waals surface area contributed by atoms with Gasteiger partial charge in [0.25, 0.3) is 0 Å². The molecule has 0 aliphatic carbocycles. The highest BCUT2D eigenvalue weighted by Gasteiger charge is 2.44. The van der Waals surface area contributed by atoms with Gasteiger partial charge in [-0.2, -0.15) is 0 Å². The number of halogens is 1. The lowest BCUT2D eigenvalue weighted by molar-refractivity contribution is -0.150. The molecule has 0 aromatic carbocycles. The molecule has 0 aliphatic heterocycles. The van der Waals surface area contributed by atoms with Crippen molar-refractivity contribution in [3.63, 3.8) is 0 Å². The van der Waals surface area contributed by atoms with Crippen LogP contribution in [0.2, 0.25) is 0 Å². The molecule has 0 saturated heterocycles. The summed E-state index contributed by atoms with van der Waals surface area (Å²) in [6.45, 7) is 7.12. The minimum Gasteiger partial charge on any atom is -0.481 e. The van der Waals surface area contributed by atoms with Crippen LogP contribution < -0.4 is 5.32 Å². The molecule has 0 bridgehead atoms. The third-order valence-electron chi connectivity index (χ3n) is 3.88. The quantitative estimate of drug-likeness (QED) is 0.825. The molecule has 0 radical (unpaired) electrons. The van der Waals surface area contributed by atoms with Gasteiger partial charge in [-0.15, -0.1) is 11.3 Å². The van der Waals surface area contributed by atoms with Crippen molar-refractivity contribution in [2.24, 2.45) is 5.41 Å². The molecule has 0 aliphatic rings. The predicted octanol–water partition coefficient (Wildman–Crippen LogP) is 3.54. The van der Waals surface area contributed by atoms with E-state index >= 15 is 0 Å². The topological polar surface area (TPSA) is 69.6 Å². The Bertz CT molecular complexity index is 540. The second kappa shape index (κ2) is 6.36. The number of carbonyl (C=O) groups is 2. The van der Waals surface area contributed by atoms with Crippen molar-refractivity contribution in [1.82, 2.24) is 10.2 Å². The lowest BCUT2D eigenvalue weighted by Gasteiger charge is -2.39. The maximum absolute atomic E-state index is 12.3. The summed E-state index contributed by atoms with van der Waals surface area (Å²) < 4.78 is 0.989. The van der Waals surface area contributed by atoms with Gasteiger partial charge in [0.15, 0.2) is 0 Å². The normalized spacial score (nSPS) is 12.1. The van der Waals surface area contributed by atoms with Crippen LogP contribution in [0.1, 0.15) is 32.6 Å². The third-order valence-corrected chi connectivity index (χ3v) is 5.56. The van der Waals surface area contributed by atoms with Crippen molar-refractivity contribution < 1.29 is 14.7 Å². The Kier molecular flexibility index (Phi) is 5.44. The molecule has 118 valence electrons. The van der Waals surface area contributed by atoms with Gasteiger partial charge in [0.05, 0.1) is 17.5 Å². The summed E-state index contributed by atoms with van der Waals surface area (Å²) in [6.07, 6.45) is 0. The average Bonchev–Trinajstić information content (AvgIpc) is 2.73. The molecule has 5 nitrogen and oxygen atoms in total. The molecule has 0 fully saturated rings. The lowest BCUT2D eigenvalue weighted by Crippen LogP contribution is -2.59. The third kappa shape index (κ3) is 4.20. The van der Waals surface area contributed by atoms with Crippen LogP contribution in [0.5, 0.6) is 0 Å². The number of urea groups is 1. The highest BCUT2D eigenvalue weighted by molar-refractivity contribution is 9.10. The molecule has 0 spiro atoms. The summed E-state index contributed by atoms with van der Waals surface area (Å²) in [7, 11) is 1.69. The zero-order valence-corrected chi connectivity index (χ0v) is 15.3. The van der Waals surface area contributed by atoms with E-state index in [1.165, 1.54) is 4.90 Å². The van der Waals surface area contributed by atoms with Crippen molar-refractivity contribution >= 4 is 39.3 Å². The highest BCUT2D eigenvalue weighted by Crippen LogP contribution is 2.31. The van der Waals surface area contributed by atoms with Crippen LogP contribution in [0, 0.1) is 5.41 Å². The molecule has 2 N–H and O–H groups in total. The van der Waals surface area contributed by atoms with Gasteiger partial charge in [0, 0.05) is 21.8 Å². The number of nitrogens with one attached hydrogen (secondary N) is 1. The number of carboxylic acids is 1. The average molecular weight is 377 g/mol. The number of nitrogens with zero attached hydrogens (tertiary/aromatic N) is 1. The highest BCUT2D eigenvalue weighted by atomic mass is 79.9. The molecule has 0 unspecified atom stereocenters. The molecule has 0 atom stereocenters. The summed E-state index contributed by atoms with van der Waals surface area (Å²) in [5, 5.41) is 14.1. The first-order chi connectivity index (χ1) is 9.47. The number of carboxylic acid groups (broad SMARTS) is 1. The van der Waals surface area contributed by atoms with E-state index in [1.54, 1.807) is 46.1 Å². The molecule has 0 saturated carbocycles. The Morgan fingerprint density at radius 2 is 1.95 bits per heavy atom. The second-order valence-corrected chi connectivity index (χ2v) is 7.98. The molecular formula is C14H21BrN2O3S. The van der Waals surface area contributed by atoms with E-state index in [0.717, 1.165) is 9.35 Å². The minimum atomic E-state index is -1.07. The van der Waals surface area contributed by atoms with Crippen LogP contribution in [-0.4, -0.2) is 34.6 Å². The number of hydrogen-bond acceptors (Lipinski definition) is 3. The fourth-order valence-corrected chi connectivity index (χ4v) is 3.03. The molecule has 21 heavy (non-hydrogen) atoms. The van der Waals surface area contributed by atoms with E-state index in [-0.39, 0.29) is 6.03 Å². The number of hydrogen-bond donors (Lipinski definition) is 2. The molecular weight excluding hydrogens is 356 g/mol. The Morgan fingerprint density at radius 3 is 2.38 bits per heavy atom. The molecule has 2 amide bonds. The van der Waals surface area contributed by atoms with Crippen LogP contribution in [0.15, 0.2) is 15.9 Å². The van der Waals surface area contributed by atoms with Crippen molar-refractivity contribution in [3.8, 4) is 0 Å². The van der Waals surface area contributed by atoms with E-state index in [0.29, 0.717) is 6.54 Å². The van der Waals surface area contributed by atoms with Crippen molar-refractivity contribution in [1.29, 1.82) is 0 Å². The lowest BCUT2D eigenvalue weighted by atomic mass is 9.74. The summed E-state index contributed by atoms with van der Waals surface area (Å²) in [5.74, 6) is -0.947. The summed E-state index contributed by atoms with van der Waals surface area (Å²) >= 11 is 4.94. The van der Waals surface area contributed by atoms with Crippen molar-refractivity contribution in [2.75, 3.05) is 7.05 Å². The smallest absolute Gasteiger partial charge is 0.317 e. The minimum absolute atomic E-state index is 0.293. The van der Waals surface area contributed by atoms with Crippen LogP contribution in [0.4, 0.5) is 4.79 Å². The maximum Gasteiger partial charge on any atom is 0.317 e.